The first-order valence-corrected chi connectivity index (χ1v) is 10.2. The Kier molecular flexibility index (Phi) is 4.33. The summed E-state index contributed by atoms with van der Waals surface area (Å²) in [7, 11) is 0. The highest BCUT2D eigenvalue weighted by atomic mass is 32.1. The minimum absolute atomic E-state index is 0.350. The van der Waals surface area contributed by atoms with E-state index in [1.54, 1.807) is 0 Å². The number of hydrogen-bond acceptors (Lipinski definition) is 7. The van der Waals surface area contributed by atoms with Gasteiger partial charge in [-0.25, -0.2) is 0 Å². The molecule has 142 valence electrons. The maximum absolute atomic E-state index is 6.03. The van der Waals surface area contributed by atoms with E-state index in [4.69, 9.17) is 8.94 Å². The van der Waals surface area contributed by atoms with Gasteiger partial charge in [0.25, 0.3) is 5.89 Å². The Morgan fingerprint density at radius 3 is 2.89 bits per heavy atom. The summed E-state index contributed by atoms with van der Waals surface area (Å²) in [6.07, 6.45) is 1.07. The van der Waals surface area contributed by atoms with Crippen LogP contribution in [0.5, 0.6) is 0 Å². The lowest BCUT2D eigenvalue weighted by molar-refractivity contribution is 0.174. The number of aryl methyl sites for hydroxylation is 1. The molecule has 0 amide bonds. The third-order valence-electron chi connectivity index (χ3n) is 5.33. The highest BCUT2D eigenvalue weighted by Gasteiger charge is 2.27. The summed E-state index contributed by atoms with van der Waals surface area (Å²) in [6.45, 7) is 5.73. The van der Waals surface area contributed by atoms with Crippen LogP contribution in [-0.2, 0) is 13.0 Å². The minimum atomic E-state index is 0.350. The van der Waals surface area contributed by atoms with E-state index < -0.39 is 0 Å². The lowest BCUT2D eigenvalue weighted by Gasteiger charge is -2.32. The van der Waals surface area contributed by atoms with Crippen molar-refractivity contribution in [1.29, 1.82) is 0 Å². The highest BCUT2D eigenvalue weighted by Crippen LogP contribution is 2.35. The van der Waals surface area contributed by atoms with Crippen molar-refractivity contribution in [2.24, 2.45) is 0 Å². The number of thiophene rings is 1. The summed E-state index contributed by atoms with van der Waals surface area (Å²) >= 11 is 1.85. The summed E-state index contributed by atoms with van der Waals surface area (Å²) in [4.78, 5) is 3.87. The molecule has 4 aromatic rings. The van der Waals surface area contributed by atoms with E-state index in [1.165, 1.54) is 10.4 Å². The topological polar surface area (TPSA) is 68.2 Å². The SMILES string of the molecule is Cc1onc(-c2ccccc2)c1-c1nnc(CN2CCc3sccc3[C@@H]2C)o1. The van der Waals surface area contributed by atoms with Gasteiger partial charge >= 0.3 is 0 Å². The normalized spacial score (nSPS) is 17.0. The summed E-state index contributed by atoms with van der Waals surface area (Å²) in [6, 6.07) is 12.5. The van der Waals surface area contributed by atoms with Crippen LogP contribution < -0.4 is 0 Å². The number of benzene rings is 1. The first kappa shape index (κ1) is 17.3. The van der Waals surface area contributed by atoms with Crippen molar-refractivity contribution in [3.8, 4) is 22.7 Å². The number of rotatable bonds is 4. The van der Waals surface area contributed by atoms with Gasteiger partial charge in [0.15, 0.2) is 0 Å². The van der Waals surface area contributed by atoms with Crippen LogP contribution in [0, 0.1) is 6.92 Å². The summed E-state index contributed by atoms with van der Waals surface area (Å²) in [5.74, 6) is 1.73. The molecule has 28 heavy (non-hydrogen) atoms. The van der Waals surface area contributed by atoms with Crippen LogP contribution in [0.1, 0.15) is 35.1 Å². The largest absolute Gasteiger partial charge is 0.419 e. The molecule has 0 bridgehead atoms. The summed E-state index contributed by atoms with van der Waals surface area (Å²) in [5.41, 5.74) is 3.86. The van der Waals surface area contributed by atoms with Crippen molar-refractivity contribution in [2.75, 3.05) is 6.54 Å². The molecule has 6 nitrogen and oxygen atoms in total. The second-order valence-electron chi connectivity index (χ2n) is 7.02. The Labute approximate surface area is 166 Å². The second-order valence-corrected chi connectivity index (χ2v) is 8.03. The Balaban J connectivity index is 1.42. The minimum Gasteiger partial charge on any atom is -0.419 e. The van der Waals surface area contributed by atoms with Crippen LogP contribution in [0.25, 0.3) is 22.7 Å². The molecule has 0 unspecified atom stereocenters. The zero-order valence-electron chi connectivity index (χ0n) is 15.8. The fraction of sp³-hybridized carbons (Fsp3) is 0.286. The third-order valence-corrected chi connectivity index (χ3v) is 6.33. The molecular weight excluding hydrogens is 372 g/mol. The molecule has 0 saturated carbocycles. The molecule has 1 aliphatic heterocycles. The van der Waals surface area contributed by atoms with Crippen molar-refractivity contribution < 1.29 is 8.94 Å². The van der Waals surface area contributed by atoms with Gasteiger partial charge < -0.3 is 8.94 Å². The standard InChI is InChI=1S/C21H20N4O2S/c1-13-16-9-11-28-17(16)8-10-25(13)12-18-22-23-21(26-18)19-14(2)27-24-20(19)15-6-4-3-5-7-15/h3-7,9,11,13H,8,10,12H2,1-2H3/t13-/m0/s1. The molecule has 0 radical (unpaired) electrons. The predicted molar refractivity (Wildman–Crippen MR) is 107 cm³/mol. The molecule has 0 fully saturated rings. The van der Waals surface area contributed by atoms with Gasteiger partial charge in [-0.15, -0.1) is 21.5 Å². The maximum atomic E-state index is 6.03. The van der Waals surface area contributed by atoms with Gasteiger partial charge in [0.05, 0.1) is 6.54 Å². The van der Waals surface area contributed by atoms with E-state index in [1.807, 2.05) is 48.6 Å². The van der Waals surface area contributed by atoms with Crippen molar-refractivity contribution in [3.63, 3.8) is 0 Å². The third kappa shape index (κ3) is 2.96. The van der Waals surface area contributed by atoms with Crippen molar-refractivity contribution in [2.45, 2.75) is 32.9 Å². The zero-order valence-corrected chi connectivity index (χ0v) is 16.6. The average Bonchev–Trinajstić information content (AvgIpc) is 3.44. The molecule has 4 heterocycles. The van der Waals surface area contributed by atoms with Gasteiger partial charge in [-0.2, -0.15) is 0 Å². The van der Waals surface area contributed by atoms with E-state index in [0.29, 0.717) is 30.1 Å². The van der Waals surface area contributed by atoms with E-state index in [0.717, 1.165) is 29.8 Å². The number of nitrogens with zero attached hydrogens (tertiary/aromatic N) is 4. The van der Waals surface area contributed by atoms with Crippen LogP contribution in [0.15, 0.2) is 50.7 Å². The van der Waals surface area contributed by atoms with E-state index in [-0.39, 0.29) is 0 Å². The average molecular weight is 392 g/mol. The first-order chi connectivity index (χ1) is 13.7. The van der Waals surface area contributed by atoms with Crippen LogP contribution in [0.4, 0.5) is 0 Å². The lowest BCUT2D eigenvalue weighted by Crippen LogP contribution is -2.32. The van der Waals surface area contributed by atoms with Crippen LogP contribution in [-0.4, -0.2) is 26.8 Å². The van der Waals surface area contributed by atoms with Gasteiger partial charge in [-0.05, 0) is 37.3 Å². The lowest BCUT2D eigenvalue weighted by atomic mass is 10.0. The van der Waals surface area contributed by atoms with Gasteiger partial charge in [-0.1, -0.05) is 35.5 Å². The molecule has 0 saturated heterocycles. The van der Waals surface area contributed by atoms with Gasteiger partial charge in [-0.3, -0.25) is 4.90 Å². The zero-order chi connectivity index (χ0) is 19.1. The molecule has 5 rings (SSSR count). The second kappa shape index (κ2) is 7.00. The number of fused-ring (bicyclic) bond motifs is 1. The molecule has 1 aliphatic rings. The molecule has 1 aromatic carbocycles. The van der Waals surface area contributed by atoms with Crippen LogP contribution in [0.3, 0.4) is 0 Å². The molecule has 3 aromatic heterocycles. The number of hydrogen-bond donors (Lipinski definition) is 0. The van der Waals surface area contributed by atoms with Crippen molar-refractivity contribution in [1.82, 2.24) is 20.3 Å². The van der Waals surface area contributed by atoms with Gasteiger partial charge in [0, 0.05) is 23.0 Å². The van der Waals surface area contributed by atoms with Gasteiger partial charge in [0.1, 0.15) is 17.0 Å². The van der Waals surface area contributed by atoms with E-state index >= 15 is 0 Å². The maximum Gasteiger partial charge on any atom is 0.253 e. The molecule has 1 atom stereocenters. The summed E-state index contributed by atoms with van der Waals surface area (Å²) in [5, 5.41) is 15.0. The fourth-order valence-electron chi connectivity index (χ4n) is 3.79. The Hall–Kier alpha value is -2.77. The monoisotopic (exact) mass is 392 g/mol. The quantitative estimate of drug-likeness (QED) is 0.493. The van der Waals surface area contributed by atoms with E-state index in [9.17, 15) is 0 Å². The van der Waals surface area contributed by atoms with Crippen LogP contribution in [0.2, 0.25) is 0 Å². The Morgan fingerprint density at radius 2 is 2.04 bits per heavy atom. The molecule has 0 N–H and O–H groups in total. The van der Waals surface area contributed by atoms with E-state index in [2.05, 4.69) is 38.6 Å². The predicted octanol–water partition coefficient (Wildman–Crippen LogP) is 4.88. The van der Waals surface area contributed by atoms with Crippen molar-refractivity contribution >= 4 is 11.3 Å². The Morgan fingerprint density at radius 1 is 1.18 bits per heavy atom. The molecular formula is C21H20N4O2S. The highest BCUT2D eigenvalue weighted by molar-refractivity contribution is 7.10. The Bertz CT molecular complexity index is 1100. The van der Waals surface area contributed by atoms with Crippen molar-refractivity contribution in [3.05, 3.63) is 63.9 Å². The smallest absolute Gasteiger partial charge is 0.253 e. The number of aromatic nitrogens is 3. The first-order valence-electron chi connectivity index (χ1n) is 9.35. The fourth-order valence-corrected chi connectivity index (χ4v) is 4.75. The molecule has 0 spiro atoms. The van der Waals surface area contributed by atoms with Crippen LogP contribution >= 0.6 is 11.3 Å². The molecule has 7 heteroatoms. The van der Waals surface area contributed by atoms with Gasteiger partial charge in [0.2, 0.25) is 5.89 Å². The molecule has 0 aliphatic carbocycles. The summed E-state index contributed by atoms with van der Waals surface area (Å²) < 4.78 is 11.5.